The quantitative estimate of drug-likeness (QED) is 0.413. The molecule has 0 aromatic heterocycles. The average Bonchev–Trinajstić information content (AvgIpc) is 1.59. The van der Waals surface area contributed by atoms with Crippen LogP contribution in [0.3, 0.4) is 0 Å². The highest BCUT2D eigenvalue weighted by Crippen LogP contribution is 2.06. The third-order valence-corrected chi connectivity index (χ3v) is 0.918. The largest absolute Gasteiger partial charge is 0.740 e. The zero-order chi connectivity index (χ0) is 7.49. The van der Waals surface area contributed by atoms with Gasteiger partial charge in [0.2, 0.25) is 0 Å². The summed E-state index contributed by atoms with van der Waals surface area (Å²) in [5.41, 5.74) is 0. The van der Waals surface area contributed by atoms with E-state index >= 15 is 0 Å². The van der Waals surface area contributed by atoms with Crippen molar-refractivity contribution in [2.24, 2.45) is 0 Å². The second-order valence-electron chi connectivity index (χ2n) is 1.10. The van der Waals surface area contributed by atoms with E-state index in [0.717, 1.165) is 0 Å². The molecule has 3 N–H and O–H groups in total. The molecule has 0 radical (unpaired) electrons. The molecular weight excluding hydrogens is 187 g/mol. The summed E-state index contributed by atoms with van der Waals surface area (Å²) in [5, 5.41) is 0. The SMILES string of the molecule is O[Si](O)(O)OC=C(Cl)Cl. The monoisotopic (exact) mass is 190 g/mol. The zero-order valence-corrected chi connectivity index (χ0v) is 6.60. The first-order valence-electron chi connectivity index (χ1n) is 1.78. The molecule has 0 aliphatic carbocycles. The number of halogens is 2. The van der Waals surface area contributed by atoms with Gasteiger partial charge in [-0.1, -0.05) is 23.2 Å². The topological polar surface area (TPSA) is 69.9 Å². The summed E-state index contributed by atoms with van der Waals surface area (Å²) in [5.74, 6) is 0. The van der Waals surface area contributed by atoms with Crippen molar-refractivity contribution in [3.05, 3.63) is 10.8 Å². The Balaban J connectivity index is 3.64. The van der Waals surface area contributed by atoms with Crippen LogP contribution >= 0.6 is 23.2 Å². The van der Waals surface area contributed by atoms with Gasteiger partial charge in [-0.15, -0.1) is 0 Å². The molecule has 0 aromatic carbocycles. The summed E-state index contributed by atoms with van der Waals surface area (Å²) in [6.45, 7) is 0. The molecule has 0 fully saturated rings. The molecule has 0 spiro atoms. The summed E-state index contributed by atoms with van der Waals surface area (Å²) >= 11 is 9.95. The first-order valence-corrected chi connectivity index (χ1v) is 4.28. The first kappa shape index (κ1) is 9.22. The molecule has 0 aliphatic heterocycles. The maximum absolute atomic E-state index is 8.13. The predicted molar refractivity (Wildman–Crippen MR) is 33.3 cm³/mol. The summed E-state index contributed by atoms with van der Waals surface area (Å²) in [6, 6.07) is 0. The fourth-order valence-corrected chi connectivity index (χ4v) is 0.638. The van der Waals surface area contributed by atoms with Crippen LogP contribution in [0.25, 0.3) is 0 Å². The molecule has 0 aromatic rings. The number of hydrogen-bond acceptors (Lipinski definition) is 4. The van der Waals surface area contributed by atoms with E-state index in [9.17, 15) is 0 Å². The fraction of sp³-hybridized carbons (Fsp3) is 0. The Hall–Kier alpha value is 0.217. The van der Waals surface area contributed by atoms with E-state index in [1.54, 1.807) is 0 Å². The third kappa shape index (κ3) is 8.22. The van der Waals surface area contributed by atoms with Crippen LogP contribution in [0.5, 0.6) is 0 Å². The molecule has 0 aliphatic rings. The molecule has 0 bridgehead atoms. The Labute approximate surface area is 62.4 Å². The van der Waals surface area contributed by atoms with E-state index in [2.05, 4.69) is 4.43 Å². The zero-order valence-electron chi connectivity index (χ0n) is 4.08. The Bertz CT molecular complexity index is 114. The summed E-state index contributed by atoms with van der Waals surface area (Å²) in [4.78, 5) is 24.4. The van der Waals surface area contributed by atoms with Gasteiger partial charge in [0, 0.05) is 0 Å². The van der Waals surface area contributed by atoms with E-state index in [1.165, 1.54) is 0 Å². The van der Waals surface area contributed by atoms with Gasteiger partial charge >= 0.3 is 9.05 Å². The highest BCUT2D eigenvalue weighted by atomic mass is 35.5. The molecule has 4 nitrogen and oxygen atoms in total. The second kappa shape index (κ2) is 3.40. The lowest BCUT2D eigenvalue weighted by Crippen LogP contribution is -2.36. The standard InChI is InChI=1S/C2H4Cl2O4Si/c3-2(4)1-8-9(5,6)7/h1,5-7H. The van der Waals surface area contributed by atoms with Crippen LogP contribution in [-0.4, -0.2) is 23.4 Å². The van der Waals surface area contributed by atoms with Crippen molar-refractivity contribution in [3.63, 3.8) is 0 Å². The number of rotatable bonds is 2. The normalized spacial score (nSPS) is 10.8. The number of hydrogen-bond donors (Lipinski definition) is 3. The Morgan fingerprint density at radius 1 is 1.33 bits per heavy atom. The van der Waals surface area contributed by atoms with E-state index < -0.39 is 9.05 Å². The Morgan fingerprint density at radius 3 is 1.89 bits per heavy atom. The van der Waals surface area contributed by atoms with E-state index in [0.29, 0.717) is 6.26 Å². The van der Waals surface area contributed by atoms with E-state index in [1.807, 2.05) is 0 Å². The van der Waals surface area contributed by atoms with Crippen LogP contribution in [0, 0.1) is 0 Å². The lowest BCUT2D eigenvalue weighted by molar-refractivity contribution is 0.106. The van der Waals surface area contributed by atoms with E-state index in [-0.39, 0.29) is 4.49 Å². The molecule has 9 heavy (non-hydrogen) atoms. The van der Waals surface area contributed by atoms with Crippen molar-refractivity contribution in [3.8, 4) is 0 Å². The van der Waals surface area contributed by atoms with Gasteiger partial charge in [-0.05, 0) is 0 Å². The minimum atomic E-state index is -4.47. The molecule has 0 rings (SSSR count). The molecule has 0 unspecified atom stereocenters. The Kier molecular flexibility index (Phi) is 3.48. The average molecular weight is 191 g/mol. The molecule has 0 saturated heterocycles. The van der Waals surface area contributed by atoms with Crippen molar-refractivity contribution in [2.45, 2.75) is 0 Å². The van der Waals surface area contributed by atoms with Gasteiger partial charge in [0.15, 0.2) is 0 Å². The highest BCUT2D eigenvalue weighted by Gasteiger charge is 2.31. The van der Waals surface area contributed by atoms with Crippen molar-refractivity contribution in [2.75, 3.05) is 0 Å². The maximum Gasteiger partial charge on any atom is 0.740 e. The summed E-state index contributed by atoms with van der Waals surface area (Å²) < 4.78 is 3.57. The van der Waals surface area contributed by atoms with Gasteiger partial charge in [-0.2, -0.15) is 0 Å². The molecule has 7 heteroatoms. The molecule has 0 heterocycles. The molecular formula is C2H4Cl2O4Si. The first-order chi connectivity index (χ1) is 3.92. The third-order valence-electron chi connectivity index (χ3n) is 0.306. The maximum atomic E-state index is 8.13. The van der Waals surface area contributed by atoms with Crippen LogP contribution in [0.4, 0.5) is 0 Å². The minimum absolute atomic E-state index is 0.302. The highest BCUT2D eigenvalue weighted by molar-refractivity contribution is 6.56. The van der Waals surface area contributed by atoms with Crippen molar-refractivity contribution >= 4 is 32.2 Å². The lowest BCUT2D eigenvalue weighted by atomic mass is 11.2. The van der Waals surface area contributed by atoms with Crippen LogP contribution in [0.1, 0.15) is 0 Å². The predicted octanol–water partition coefficient (Wildman–Crippen LogP) is -0.308. The summed E-state index contributed by atoms with van der Waals surface area (Å²) in [7, 11) is -4.47. The molecule has 54 valence electrons. The van der Waals surface area contributed by atoms with E-state index in [4.69, 9.17) is 37.6 Å². The molecule has 0 amide bonds. The van der Waals surface area contributed by atoms with Gasteiger partial charge in [0.1, 0.15) is 10.8 Å². The van der Waals surface area contributed by atoms with Gasteiger partial charge in [0.05, 0.1) is 0 Å². The van der Waals surface area contributed by atoms with Gasteiger partial charge < -0.3 is 18.8 Å². The Morgan fingerprint density at radius 2 is 1.78 bits per heavy atom. The van der Waals surface area contributed by atoms with Crippen molar-refractivity contribution in [1.29, 1.82) is 0 Å². The lowest BCUT2D eigenvalue weighted by Gasteiger charge is -2.05. The van der Waals surface area contributed by atoms with Gasteiger partial charge in [0.25, 0.3) is 0 Å². The molecule has 0 atom stereocenters. The van der Waals surface area contributed by atoms with Crippen molar-refractivity contribution in [1.82, 2.24) is 0 Å². The molecule has 0 saturated carbocycles. The van der Waals surface area contributed by atoms with Crippen LogP contribution < -0.4 is 0 Å². The van der Waals surface area contributed by atoms with Crippen LogP contribution in [0.15, 0.2) is 10.8 Å². The second-order valence-corrected chi connectivity index (χ2v) is 3.49. The summed E-state index contributed by atoms with van der Waals surface area (Å²) in [6.07, 6.45) is 0.634. The minimum Gasteiger partial charge on any atom is -0.485 e. The van der Waals surface area contributed by atoms with Gasteiger partial charge in [-0.25, -0.2) is 0 Å². The fourth-order valence-electron chi connectivity index (χ4n) is 0.124. The van der Waals surface area contributed by atoms with Crippen LogP contribution in [0.2, 0.25) is 0 Å². The van der Waals surface area contributed by atoms with Crippen molar-refractivity contribution < 1.29 is 18.8 Å². The van der Waals surface area contributed by atoms with Crippen LogP contribution in [-0.2, 0) is 4.43 Å². The smallest absolute Gasteiger partial charge is 0.485 e. The van der Waals surface area contributed by atoms with Gasteiger partial charge in [-0.3, -0.25) is 0 Å².